The fraction of sp³-hybridized carbons (Fsp3) is 0.968. The lowest BCUT2D eigenvalue weighted by Crippen LogP contribution is -2.50. The highest BCUT2D eigenvalue weighted by atomic mass is 16.4. The first kappa shape index (κ1) is 36.5. The molecule has 0 aliphatic carbocycles. The van der Waals surface area contributed by atoms with Gasteiger partial charge in [-0.2, -0.15) is 0 Å². The molecule has 0 spiro atoms. The van der Waals surface area contributed by atoms with Crippen LogP contribution in [0.4, 0.5) is 0 Å². The first-order chi connectivity index (χ1) is 16.9. The number of hydrogen-bond acceptors (Lipinski definition) is 2. The number of nitrogens with zero attached hydrogens (tertiary/aromatic N) is 1. The van der Waals surface area contributed by atoms with Crippen LogP contribution in [0, 0.1) is 0 Å². The molecular weight excluding hydrogens is 434 g/mol. The van der Waals surface area contributed by atoms with Gasteiger partial charge in [0, 0.05) is 0 Å². The first-order valence-electron chi connectivity index (χ1n) is 15.6. The van der Waals surface area contributed by atoms with E-state index in [0.29, 0.717) is 0 Å². The van der Waals surface area contributed by atoms with E-state index in [-0.39, 0.29) is 0 Å². The Kier molecular flexibility index (Phi) is 29.2. The zero-order valence-electron chi connectivity index (χ0n) is 24.8. The third-order valence-corrected chi connectivity index (χ3v) is 7.30. The zero-order valence-corrected chi connectivity index (χ0v) is 24.8. The lowest BCUT2D eigenvalue weighted by molar-refractivity contribution is -0.929. The Morgan fingerprint density at radius 2 is 0.743 bits per heavy atom. The van der Waals surface area contributed by atoms with Gasteiger partial charge < -0.3 is 14.7 Å². The summed E-state index contributed by atoms with van der Waals surface area (Å²) in [6, 6.07) is 0. The van der Waals surface area contributed by atoms with Crippen LogP contribution in [-0.2, 0) is 4.79 Å². The van der Waals surface area contributed by atoms with Crippen molar-refractivity contribution in [1.29, 1.82) is 0 Å². The molecule has 0 saturated carbocycles. The van der Waals surface area contributed by atoms with Crippen molar-refractivity contribution >= 4 is 5.97 Å². The second-order valence-electron chi connectivity index (χ2n) is 10.9. The molecule has 0 aliphatic heterocycles. The van der Waals surface area contributed by atoms with Crippen LogP contribution in [0.1, 0.15) is 163 Å². The van der Waals surface area contributed by atoms with Crippen molar-refractivity contribution in [3.8, 4) is 0 Å². The monoisotopic (exact) mass is 501 g/mol. The van der Waals surface area contributed by atoms with Gasteiger partial charge in [0.2, 0.25) is 0 Å². The summed E-state index contributed by atoms with van der Waals surface area (Å²) in [6.07, 6.45) is 27.7. The van der Waals surface area contributed by atoms with Crippen LogP contribution in [0.25, 0.3) is 0 Å². The maximum atomic E-state index is 9.45. The van der Waals surface area contributed by atoms with Gasteiger partial charge in [0.15, 0.2) is 0 Å². The summed E-state index contributed by atoms with van der Waals surface area (Å²) in [5.41, 5.74) is 0. The number of carboxylic acids is 1. The molecule has 0 amide bonds. The first-order valence-corrected chi connectivity index (χ1v) is 15.6. The molecule has 0 aromatic rings. The van der Waals surface area contributed by atoms with Crippen molar-refractivity contribution in [1.82, 2.24) is 0 Å². The maximum absolute atomic E-state index is 9.45. The molecular formula is C31H66NO3+. The number of carboxylic acid groups (broad SMARTS) is 1. The molecule has 0 aliphatic rings. The predicted octanol–water partition coefficient (Wildman–Crippen LogP) is 9.14. The molecule has 0 aromatic carbocycles. The normalized spacial score (nSPS) is 12.3. The lowest BCUT2D eigenvalue weighted by Gasteiger charge is -2.39. The van der Waals surface area contributed by atoms with Gasteiger partial charge in [0.05, 0.1) is 26.2 Å². The SMILES string of the molecule is CC(O)C(=O)O.CCCCCCCCCCCCCCCC[N+](CCCC)(CCCC)CCCC. The summed E-state index contributed by atoms with van der Waals surface area (Å²) < 4.78 is 1.44. The third-order valence-electron chi connectivity index (χ3n) is 7.30. The molecule has 0 heterocycles. The van der Waals surface area contributed by atoms with Gasteiger partial charge in [-0.1, -0.05) is 124 Å². The van der Waals surface area contributed by atoms with Crippen LogP contribution in [0.3, 0.4) is 0 Å². The smallest absolute Gasteiger partial charge is 0.332 e. The minimum absolute atomic E-state index is 1.19. The zero-order chi connectivity index (χ0) is 26.6. The molecule has 0 fully saturated rings. The van der Waals surface area contributed by atoms with Crippen LogP contribution >= 0.6 is 0 Å². The molecule has 2 N–H and O–H groups in total. The van der Waals surface area contributed by atoms with Crippen LogP contribution in [-0.4, -0.2) is 52.9 Å². The lowest BCUT2D eigenvalue weighted by atomic mass is 10.0. The van der Waals surface area contributed by atoms with Crippen molar-refractivity contribution in [3.63, 3.8) is 0 Å². The number of aliphatic hydroxyl groups excluding tert-OH is 1. The van der Waals surface area contributed by atoms with Crippen LogP contribution < -0.4 is 0 Å². The Morgan fingerprint density at radius 3 is 1.00 bits per heavy atom. The third kappa shape index (κ3) is 26.3. The largest absolute Gasteiger partial charge is 0.479 e. The number of unbranched alkanes of at least 4 members (excludes halogenated alkanes) is 16. The second kappa shape index (κ2) is 28.0. The second-order valence-corrected chi connectivity index (χ2v) is 10.9. The molecule has 212 valence electrons. The molecule has 0 aromatic heterocycles. The van der Waals surface area contributed by atoms with Crippen LogP contribution in [0.5, 0.6) is 0 Å². The molecule has 1 unspecified atom stereocenters. The summed E-state index contributed by atoms with van der Waals surface area (Å²) in [7, 11) is 0. The molecule has 0 radical (unpaired) electrons. The highest BCUT2D eigenvalue weighted by Gasteiger charge is 2.24. The molecule has 4 nitrogen and oxygen atoms in total. The predicted molar refractivity (Wildman–Crippen MR) is 154 cm³/mol. The fourth-order valence-electron chi connectivity index (χ4n) is 4.79. The highest BCUT2D eigenvalue weighted by Crippen LogP contribution is 2.18. The molecule has 0 saturated heterocycles. The Hall–Kier alpha value is -0.610. The van der Waals surface area contributed by atoms with E-state index in [1.165, 1.54) is 166 Å². The standard InChI is InChI=1S/C28H60N.C3H6O3/c1-5-9-13-14-15-16-17-18-19-20-21-22-23-24-28-29(25-10-6-2,26-11-7-3)27-12-8-4;1-2(4)3(5)6/h5-28H2,1-4H3;2,4H,1H3,(H,5,6)/q+1;. The molecule has 1 atom stereocenters. The Balaban J connectivity index is 0. The topological polar surface area (TPSA) is 57.5 Å². The van der Waals surface area contributed by atoms with Crippen molar-refractivity contribution in [2.45, 2.75) is 169 Å². The Labute approximate surface area is 220 Å². The van der Waals surface area contributed by atoms with E-state index in [9.17, 15) is 4.79 Å². The average Bonchev–Trinajstić information content (AvgIpc) is 2.85. The van der Waals surface area contributed by atoms with E-state index in [0.717, 1.165) is 0 Å². The number of carbonyl (C=O) groups is 1. The van der Waals surface area contributed by atoms with Gasteiger partial charge in [-0.25, -0.2) is 4.79 Å². The fourth-order valence-corrected chi connectivity index (χ4v) is 4.79. The van der Waals surface area contributed by atoms with Crippen molar-refractivity contribution in [3.05, 3.63) is 0 Å². The summed E-state index contributed by atoms with van der Waals surface area (Å²) in [6.45, 7) is 16.4. The van der Waals surface area contributed by atoms with E-state index in [1.807, 2.05) is 0 Å². The van der Waals surface area contributed by atoms with E-state index >= 15 is 0 Å². The van der Waals surface area contributed by atoms with E-state index < -0.39 is 12.1 Å². The summed E-state index contributed by atoms with van der Waals surface area (Å²) in [4.78, 5) is 9.45. The van der Waals surface area contributed by atoms with Gasteiger partial charge in [-0.3, -0.25) is 0 Å². The van der Waals surface area contributed by atoms with Crippen molar-refractivity contribution in [2.75, 3.05) is 26.2 Å². The van der Waals surface area contributed by atoms with Gasteiger partial charge in [0.25, 0.3) is 0 Å². The molecule has 4 heteroatoms. The maximum Gasteiger partial charge on any atom is 0.332 e. The van der Waals surface area contributed by atoms with Gasteiger partial charge in [-0.15, -0.1) is 0 Å². The number of aliphatic carboxylic acids is 1. The average molecular weight is 501 g/mol. The van der Waals surface area contributed by atoms with Crippen LogP contribution in [0.15, 0.2) is 0 Å². The summed E-state index contributed by atoms with van der Waals surface area (Å²) >= 11 is 0. The molecule has 0 rings (SSSR count). The van der Waals surface area contributed by atoms with Crippen LogP contribution in [0.2, 0.25) is 0 Å². The number of aliphatic hydroxyl groups is 1. The Morgan fingerprint density at radius 1 is 0.514 bits per heavy atom. The summed E-state index contributed by atoms with van der Waals surface area (Å²) in [5.74, 6) is -1.19. The number of quaternary nitrogens is 1. The number of hydrogen-bond donors (Lipinski definition) is 2. The van der Waals surface area contributed by atoms with E-state index in [2.05, 4.69) is 27.7 Å². The highest BCUT2D eigenvalue weighted by molar-refractivity contribution is 5.71. The van der Waals surface area contributed by atoms with Gasteiger partial charge in [-0.05, 0) is 39.0 Å². The van der Waals surface area contributed by atoms with E-state index in [1.54, 1.807) is 0 Å². The van der Waals surface area contributed by atoms with Gasteiger partial charge >= 0.3 is 5.97 Å². The molecule has 35 heavy (non-hydrogen) atoms. The number of rotatable bonds is 25. The minimum atomic E-state index is -1.23. The van der Waals surface area contributed by atoms with E-state index in [4.69, 9.17) is 10.2 Å². The Bertz CT molecular complexity index is 404. The quantitative estimate of drug-likeness (QED) is 0.0970. The minimum Gasteiger partial charge on any atom is -0.479 e. The van der Waals surface area contributed by atoms with Crippen molar-refractivity contribution < 1.29 is 19.5 Å². The van der Waals surface area contributed by atoms with Gasteiger partial charge in [0.1, 0.15) is 6.10 Å². The van der Waals surface area contributed by atoms with Crippen molar-refractivity contribution in [2.24, 2.45) is 0 Å². The summed E-state index contributed by atoms with van der Waals surface area (Å²) in [5, 5.41) is 15.8. The molecule has 0 bridgehead atoms.